The van der Waals surface area contributed by atoms with Crippen molar-refractivity contribution in [3.63, 3.8) is 0 Å². The molecule has 0 bridgehead atoms. The first kappa shape index (κ1) is 13.6. The molecular formula is C16H14ClN3O. The number of ether oxygens (including phenoxy) is 1. The van der Waals surface area contributed by atoms with Crippen LogP contribution < -0.4 is 4.74 Å². The summed E-state index contributed by atoms with van der Waals surface area (Å²) >= 11 is 5.91. The molecule has 21 heavy (non-hydrogen) atoms. The molecular weight excluding hydrogens is 286 g/mol. The first-order valence-electron chi connectivity index (χ1n) is 6.61. The molecule has 0 aliphatic heterocycles. The Balaban J connectivity index is 1.60. The lowest BCUT2D eigenvalue weighted by Crippen LogP contribution is -2.00. The topological polar surface area (TPSA) is 39.9 Å². The van der Waals surface area contributed by atoms with E-state index >= 15 is 0 Å². The van der Waals surface area contributed by atoms with E-state index in [9.17, 15) is 0 Å². The van der Waals surface area contributed by atoms with Gasteiger partial charge in [-0.1, -0.05) is 53.2 Å². The second kappa shape index (κ2) is 6.41. The molecule has 0 amide bonds. The quantitative estimate of drug-likeness (QED) is 0.723. The molecule has 3 rings (SSSR count). The highest BCUT2D eigenvalue weighted by molar-refractivity contribution is 6.30. The maximum absolute atomic E-state index is 5.91. The van der Waals surface area contributed by atoms with Gasteiger partial charge in [-0.2, -0.15) is 0 Å². The number of rotatable bonds is 5. The van der Waals surface area contributed by atoms with Gasteiger partial charge >= 0.3 is 0 Å². The van der Waals surface area contributed by atoms with Crippen molar-refractivity contribution in [2.24, 2.45) is 0 Å². The van der Waals surface area contributed by atoms with Gasteiger partial charge in [-0.05, 0) is 23.8 Å². The number of benzene rings is 2. The lowest BCUT2D eigenvalue weighted by atomic mass is 10.2. The Kier molecular flexibility index (Phi) is 4.17. The Bertz CT molecular complexity index is 712. The molecule has 0 unspecified atom stereocenters. The molecule has 1 heterocycles. The van der Waals surface area contributed by atoms with Gasteiger partial charge in [0.15, 0.2) is 0 Å². The molecule has 0 spiro atoms. The van der Waals surface area contributed by atoms with E-state index in [1.165, 1.54) is 5.56 Å². The van der Waals surface area contributed by atoms with Gasteiger partial charge in [-0.3, -0.25) is 0 Å². The zero-order valence-electron chi connectivity index (χ0n) is 11.3. The summed E-state index contributed by atoms with van der Waals surface area (Å²) in [6, 6.07) is 17.4. The molecule has 0 N–H and O–H groups in total. The zero-order chi connectivity index (χ0) is 14.5. The number of halogens is 1. The molecule has 0 saturated carbocycles. The Morgan fingerprint density at radius 2 is 1.90 bits per heavy atom. The highest BCUT2D eigenvalue weighted by Gasteiger charge is 2.03. The van der Waals surface area contributed by atoms with Crippen LogP contribution in [0.3, 0.4) is 0 Å². The van der Waals surface area contributed by atoms with Gasteiger partial charge in [0.1, 0.15) is 18.1 Å². The number of aromatic nitrogens is 3. The second-order valence-corrected chi connectivity index (χ2v) is 5.08. The molecule has 0 aliphatic rings. The van der Waals surface area contributed by atoms with Crippen molar-refractivity contribution < 1.29 is 4.74 Å². The molecule has 0 saturated heterocycles. The SMILES string of the molecule is Clc1cccc(OCc2cn(Cc3ccccc3)nn2)c1. The summed E-state index contributed by atoms with van der Waals surface area (Å²) in [5.41, 5.74) is 1.97. The number of hydrogen-bond acceptors (Lipinski definition) is 3. The summed E-state index contributed by atoms with van der Waals surface area (Å²) in [5, 5.41) is 8.86. The van der Waals surface area contributed by atoms with Crippen molar-refractivity contribution in [1.82, 2.24) is 15.0 Å². The second-order valence-electron chi connectivity index (χ2n) is 4.64. The third-order valence-corrected chi connectivity index (χ3v) is 3.19. The molecule has 0 radical (unpaired) electrons. The standard InChI is InChI=1S/C16H14ClN3O/c17-14-7-4-8-16(9-14)21-12-15-11-20(19-18-15)10-13-5-2-1-3-6-13/h1-9,11H,10,12H2. The van der Waals surface area contributed by atoms with Crippen molar-refractivity contribution in [3.05, 3.63) is 77.1 Å². The van der Waals surface area contributed by atoms with Crippen LogP contribution >= 0.6 is 11.6 Å². The van der Waals surface area contributed by atoms with E-state index in [-0.39, 0.29) is 0 Å². The van der Waals surface area contributed by atoms with Crippen LogP contribution in [0.25, 0.3) is 0 Å². The van der Waals surface area contributed by atoms with E-state index in [1.54, 1.807) is 10.7 Å². The van der Waals surface area contributed by atoms with Crippen LogP contribution in [-0.2, 0) is 13.2 Å². The summed E-state index contributed by atoms with van der Waals surface area (Å²) in [4.78, 5) is 0. The Morgan fingerprint density at radius 1 is 1.05 bits per heavy atom. The molecule has 3 aromatic rings. The van der Waals surface area contributed by atoms with E-state index in [4.69, 9.17) is 16.3 Å². The van der Waals surface area contributed by atoms with Gasteiger partial charge in [-0.15, -0.1) is 5.10 Å². The smallest absolute Gasteiger partial charge is 0.134 e. The summed E-state index contributed by atoms with van der Waals surface area (Å²) in [7, 11) is 0. The van der Waals surface area contributed by atoms with Crippen LogP contribution in [-0.4, -0.2) is 15.0 Å². The van der Waals surface area contributed by atoms with Crippen LogP contribution in [0.15, 0.2) is 60.8 Å². The lowest BCUT2D eigenvalue weighted by molar-refractivity contribution is 0.301. The third kappa shape index (κ3) is 3.83. The number of hydrogen-bond donors (Lipinski definition) is 0. The minimum Gasteiger partial charge on any atom is -0.487 e. The Labute approximate surface area is 127 Å². The number of nitrogens with zero attached hydrogens (tertiary/aromatic N) is 3. The Morgan fingerprint density at radius 3 is 2.71 bits per heavy atom. The summed E-state index contributed by atoms with van der Waals surface area (Å²) in [6.07, 6.45) is 1.89. The average Bonchev–Trinajstić information content (AvgIpc) is 2.94. The first-order valence-corrected chi connectivity index (χ1v) is 6.99. The van der Waals surface area contributed by atoms with E-state index in [1.807, 2.05) is 42.6 Å². The molecule has 2 aromatic carbocycles. The van der Waals surface area contributed by atoms with Crippen LogP contribution in [0.2, 0.25) is 5.02 Å². The van der Waals surface area contributed by atoms with Crippen LogP contribution in [0, 0.1) is 0 Å². The minimum absolute atomic E-state index is 0.370. The summed E-state index contributed by atoms with van der Waals surface area (Å²) < 4.78 is 7.43. The van der Waals surface area contributed by atoms with Crippen molar-refractivity contribution in [3.8, 4) is 5.75 Å². The van der Waals surface area contributed by atoms with Crippen LogP contribution in [0.4, 0.5) is 0 Å². The molecule has 106 valence electrons. The summed E-state index contributed by atoms with van der Waals surface area (Å²) in [6.45, 7) is 1.07. The van der Waals surface area contributed by atoms with Gasteiger partial charge in [0.2, 0.25) is 0 Å². The molecule has 5 heteroatoms. The molecule has 0 aliphatic carbocycles. The van der Waals surface area contributed by atoms with Gasteiger partial charge in [0, 0.05) is 5.02 Å². The molecule has 1 aromatic heterocycles. The van der Waals surface area contributed by atoms with E-state index < -0.39 is 0 Å². The fourth-order valence-corrected chi connectivity index (χ4v) is 2.15. The van der Waals surface area contributed by atoms with E-state index in [0.29, 0.717) is 18.2 Å². The van der Waals surface area contributed by atoms with Crippen molar-refractivity contribution in [2.45, 2.75) is 13.2 Å². The predicted octanol–water partition coefficient (Wildman–Crippen LogP) is 3.56. The monoisotopic (exact) mass is 299 g/mol. The largest absolute Gasteiger partial charge is 0.487 e. The Hall–Kier alpha value is -2.33. The normalized spacial score (nSPS) is 10.5. The minimum atomic E-state index is 0.370. The van der Waals surface area contributed by atoms with Crippen molar-refractivity contribution in [2.75, 3.05) is 0 Å². The average molecular weight is 300 g/mol. The van der Waals surface area contributed by atoms with E-state index in [0.717, 1.165) is 11.4 Å². The van der Waals surface area contributed by atoms with Gasteiger partial charge in [-0.25, -0.2) is 4.68 Å². The first-order chi connectivity index (χ1) is 10.3. The van der Waals surface area contributed by atoms with E-state index in [2.05, 4.69) is 22.4 Å². The van der Waals surface area contributed by atoms with Crippen LogP contribution in [0.5, 0.6) is 5.75 Å². The molecule has 4 nitrogen and oxygen atoms in total. The van der Waals surface area contributed by atoms with Crippen LogP contribution in [0.1, 0.15) is 11.3 Å². The highest BCUT2D eigenvalue weighted by atomic mass is 35.5. The lowest BCUT2D eigenvalue weighted by Gasteiger charge is -2.03. The maximum Gasteiger partial charge on any atom is 0.134 e. The van der Waals surface area contributed by atoms with Crippen molar-refractivity contribution >= 4 is 11.6 Å². The fraction of sp³-hybridized carbons (Fsp3) is 0.125. The van der Waals surface area contributed by atoms with Crippen molar-refractivity contribution in [1.29, 1.82) is 0 Å². The highest BCUT2D eigenvalue weighted by Crippen LogP contribution is 2.18. The summed E-state index contributed by atoms with van der Waals surface area (Å²) in [5.74, 6) is 0.722. The van der Waals surface area contributed by atoms with Gasteiger partial charge in [0.05, 0.1) is 12.7 Å². The maximum atomic E-state index is 5.91. The molecule has 0 fully saturated rings. The zero-order valence-corrected chi connectivity index (χ0v) is 12.1. The third-order valence-electron chi connectivity index (χ3n) is 2.96. The fourth-order valence-electron chi connectivity index (χ4n) is 1.97. The van der Waals surface area contributed by atoms with Gasteiger partial charge < -0.3 is 4.74 Å². The van der Waals surface area contributed by atoms with Gasteiger partial charge in [0.25, 0.3) is 0 Å². The molecule has 0 atom stereocenters. The predicted molar refractivity (Wildman–Crippen MR) is 81.4 cm³/mol.